The summed E-state index contributed by atoms with van der Waals surface area (Å²) < 4.78 is 13.5. The van der Waals surface area contributed by atoms with Crippen LogP contribution in [-0.2, 0) is 9.59 Å². The third kappa shape index (κ3) is 3.18. The highest BCUT2D eigenvalue weighted by molar-refractivity contribution is 5.99. The van der Waals surface area contributed by atoms with Crippen LogP contribution in [-0.4, -0.2) is 46.9 Å². The van der Waals surface area contributed by atoms with Crippen LogP contribution in [0.4, 0.5) is 4.39 Å². The molecule has 1 aromatic carbocycles. The molecule has 0 bridgehead atoms. The van der Waals surface area contributed by atoms with E-state index in [-0.39, 0.29) is 18.7 Å². The summed E-state index contributed by atoms with van der Waals surface area (Å²) in [7, 11) is 0. The van der Waals surface area contributed by atoms with E-state index in [2.05, 4.69) is 5.32 Å². The first-order chi connectivity index (χ1) is 9.90. The molecule has 1 aliphatic rings. The maximum atomic E-state index is 13.5. The number of aryl methyl sites for hydroxylation is 1. The molecule has 2 N–H and O–H groups in total. The Kier molecular flexibility index (Phi) is 4.21. The Balaban J connectivity index is 2.27. The van der Waals surface area contributed by atoms with E-state index in [0.717, 1.165) is 6.07 Å². The van der Waals surface area contributed by atoms with E-state index < -0.39 is 36.1 Å². The summed E-state index contributed by atoms with van der Waals surface area (Å²) in [5, 5.41) is 11.4. The molecule has 7 heteroatoms. The van der Waals surface area contributed by atoms with Gasteiger partial charge in [0.25, 0.3) is 5.91 Å². The minimum atomic E-state index is -1.18. The SMILES string of the molecule is Cc1ccc(C(=O)N2CCNC(=O)C2CC(=O)O)cc1F. The van der Waals surface area contributed by atoms with Gasteiger partial charge in [0.15, 0.2) is 0 Å². The number of aliphatic carboxylic acids is 1. The lowest BCUT2D eigenvalue weighted by molar-refractivity contribution is -0.142. The third-order valence-electron chi connectivity index (χ3n) is 3.38. The number of nitrogens with zero attached hydrogens (tertiary/aromatic N) is 1. The Morgan fingerprint density at radius 1 is 1.48 bits per heavy atom. The summed E-state index contributed by atoms with van der Waals surface area (Å²) in [5.74, 6) is -2.75. The average Bonchev–Trinajstić information content (AvgIpc) is 2.43. The van der Waals surface area contributed by atoms with Crippen LogP contribution in [0.3, 0.4) is 0 Å². The number of amides is 2. The predicted molar refractivity (Wildman–Crippen MR) is 71.2 cm³/mol. The molecule has 0 spiro atoms. The monoisotopic (exact) mass is 294 g/mol. The summed E-state index contributed by atoms with van der Waals surface area (Å²) in [6, 6.07) is 2.96. The van der Waals surface area contributed by atoms with Crippen molar-refractivity contribution in [2.45, 2.75) is 19.4 Å². The van der Waals surface area contributed by atoms with Crippen molar-refractivity contribution in [2.24, 2.45) is 0 Å². The van der Waals surface area contributed by atoms with Crippen LogP contribution in [0.15, 0.2) is 18.2 Å². The van der Waals surface area contributed by atoms with E-state index in [4.69, 9.17) is 5.11 Å². The first-order valence-corrected chi connectivity index (χ1v) is 6.47. The van der Waals surface area contributed by atoms with E-state index in [0.29, 0.717) is 5.56 Å². The van der Waals surface area contributed by atoms with Crippen molar-refractivity contribution in [2.75, 3.05) is 13.1 Å². The van der Waals surface area contributed by atoms with Crippen LogP contribution < -0.4 is 5.32 Å². The lowest BCUT2D eigenvalue weighted by atomic mass is 10.1. The minimum Gasteiger partial charge on any atom is -0.481 e. The number of nitrogens with one attached hydrogen (secondary N) is 1. The number of carbonyl (C=O) groups is 3. The molecule has 21 heavy (non-hydrogen) atoms. The molecule has 1 atom stereocenters. The Morgan fingerprint density at radius 2 is 2.19 bits per heavy atom. The second kappa shape index (κ2) is 5.90. The van der Waals surface area contributed by atoms with Gasteiger partial charge in [0.1, 0.15) is 11.9 Å². The highest BCUT2D eigenvalue weighted by Gasteiger charge is 2.35. The molecule has 2 rings (SSSR count). The standard InChI is InChI=1S/C14H15FN2O4/c1-8-2-3-9(6-10(8)15)14(21)17-5-4-16-13(20)11(17)7-12(18)19/h2-3,6,11H,4-5,7H2,1H3,(H,16,20)(H,18,19). The average molecular weight is 294 g/mol. The number of hydrogen-bond acceptors (Lipinski definition) is 3. The van der Waals surface area contributed by atoms with Gasteiger partial charge in [-0.1, -0.05) is 6.07 Å². The fourth-order valence-corrected chi connectivity index (χ4v) is 2.22. The number of benzene rings is 1. The van der Waals surface area contributed by atoms with Crippen molar-refractivity contribution in [3.63, 3.8) is 0 Å². The molecule has 1 fully saturated rings. The maximum absolute atomic E-state index is 13.5. The smallest absolute Gasteiger partial charge is 0.305 e. The van der Waals surface area contributed by atoms with Gasteiger partial charge in [0.05, 0.1) is 6.42 Å². The van der Waals surface area contributed by atoms with Crippen LogP contribution in [0.25, 0.3) is 0 Å². The van der Waals surface area contributed by atoms with E-state index in [1.165, 1.54) is 17.0 Å². The lowest BCUT2D eigenvalue weighted by Gasteiger charge is -2.34. The molecule has 1 aromatic rings. The highest BCUT2D eigenvalue weighted by Crippen LogP contribution is 2.16. The number of hydrogen-bond donors (Lipinski definition) is 2. The summed E-state index contributed by atoms with van der Waals surface area (Å²) in [5.41, 5.74) is 0.508. The molecule has 112 valence electrons. The van der Waals surface area contributed by atoms with Crippen LogP contribution in [0.2, 0.25) is 0 Å². The number of carboxylic acids is 1. The molecular formula is C14H15FN2O4. The molecule has 0 saturated carbocycles. The summed E-state index contributed by atoms with van der Waals surface area (Å²) in [6.45, 7) is 2.01. The van der Waals surface area contributed by atoms with Gasteiger partial charge < -0.3 is 15.3 Å². The van der Waals surface area contributed by atoms with E-state index >= 15 is 0 Å². The van der Waals surface area contributed by atoms with Gasteiger partial charge in [-0.2, -0.15) is 0 Å². The van der Waals surface area contributed by atoms with Crippen molar-refractivity contribution < 1.29 is 23.9 Å². The fourth-order valence-electron chi connectivity index (χ4n) is 2.22. The largest absolute Gasteiger partial charge is 0.481 e. The van der Waals surface area contributed by atoms with E-state index in [1.54, 1.807) is 6.92 Å². The van der Waals surface area contributed by atoms with Gasteiger partial charge in [-0.15, -0.1) is 0 Å². The Morgan fingerprint density at radius 3 is 2.81 bits per heavy atom. The molecule has 0 aromatic heterocycles. The quantitative estimate of drug-likeness (QED) is 0.852. The molecule has 1 aliphatic heterocycles. The fraction of sp³-hybridized carbons (Fsp3) is 0.357. The van der Waals surface area contributed by atoms with Crippen molar-refractivity contribution in [3.8, 4) is 0 Å². The van der Waals surface area contributed by atoms with E-state index in [1.807, 2.05) is 0 Å². The lowest BCUT2D eigenvalue weighted by Crippen LogP contribution is -2.57. The van der Waals surface area contributed by atoms with Crippen LogP contribution in [0.1, 0.15) is 22.3 Å². The molecular weight excluding hydrogens is 279 g/mol. The number of rotatable bonds is 3. The van der Waals surface area contributed by atoms with Gasteiger partial charge in [0, 0.05) is 18.7 Å². The number of halogens is 1. The van der Waals surface area contributed by atoms with Crippen molar-refractivity contribution in [3.05, 3.63) is 35.1 Å². The first-order valence-electron chi connectivity index (χ1n) is 6.47. The highest BCUT2D eigenvalue weighted by atomic mass is 19.1. The second-order valence-electron chi connectivity index (χ2n) is 4.87. The van der Waals surface area contributed by atoms with Crippen molar-refractivity contribution >= 4 is 17.8 Å². The molecule has 1 heterocycles. The normalized spacial score (nSPS) is 18.3. The van der Waals surface area contributed by atoms with Gasteiger partial charge in [-0.05, 0) is 24.6 Å². The topological polar surface area (TPSA) is 86.7 Å². The summed E-state index contributed by atoms with van der Waals surface area (Å²) in [6.07, 6.45) is -0.480. The van der Waals surface area contributed by atoms with Crippen LogP contribution in [0.5, 0.6) is 0 Å². The molecule has 0 aliphatic carbocycles. The number of carboxylic acid groups (broad SMARTS) is 1. The van der Waals surface area contributed by atoms with Crippen LogP contribution >= 0.6 is 0 Å². The van der Waals surface area contributed by atoms with Gasteiger partial charge >= 0.3 is 5.97 Å². The first kappa shape index (κ1) is 15.0. The Bertz CT molecular complexity index is 603. The summed E-state index contributed by atoms with van der Waals surface area (Å²) >= 11 is 0. The zero-order valence-corrected chi connectivity index (χ0v) is 11.4. The van der Waals surface area contributed by atoms with Crippen molar-refractivity contribution in [1.29, 1.82) is 0 Å². The summed E-state index contributed by atoms with van der Waals surface area (Å²) in [4.78, 5) is 36.2. The van der Waals surface area contributed by atoms with Gasteiger partial charge in [0.2, 0.25) is 5.91 Å². The molecule has 6 nitrogen and oxygen atoms in total. The second-order valence-corrected chi connectivity index (χ2v) is 4.87. The molecule has 1 saturated heterocycles. The zero-order chi connectivity index (χ0) is 15.6. The number of carbonyl (C=O) groups excluding carboxylic acids is 2. The predicted octanol–water partition coefficient (Wildman–Crippen LogP) is 0.549. The van der Waals surface area contributed by atoms with Crippen molar-refractivity contribution in [1.82, 2.24) is 10.2 Å². The van der Waals surface area contributed by atoms with Gasteiger partial charge in [-0.25, -0.2) is 4.39 Å². The maximum Gasteiger partial charge on any atom is 0.305 e. The molecule has 0 radical (unpaired) electrons. The van der Waals surface area contributed by atoms with E-state index in [9.17, 15) is 18.8 Å². The van der Waals surface area contributed by atoms with Crippen LogP contribution in [0, 0.1) is 12.7 Å². The molecule has 2 amide bonds. The minimum absolute atomic E-state index is 0.100. The third-order valence-corrected chi connectivity index (χ3v) is 3.38. The number of piperazine rings is 1. The zero-order valence-electron chi connectivity index (χ0n) is 11.4. The Labute approximate surface area is 120 Å². The molecule has 1 unspecified atom stereocenters. The Hall–Kier alpha value is -2.44. The van der Waals surface area contributed by atoms with Gasteiger partial charge in [-0.3, -0.25) is 14.4 Å².